The van der Waals surface area contributed by atoms with Gasteiger partial charge < -0.3 is 15.5 Å². The summed E-state index contributed by atoms with van der Waals surface area (Å²) in [7, 11) is 0. The van der Waals surface area contributed by atoms with Gasteiger partial charge in [-0.25, -0.2) is 0 Å². The zero-order valence-corrected chi connectivity index (χ0v) is 16.1. The van der Waals surface area contributed by atoms with Crippen LogP contribution in [0.2, 0.25) is 0 Å². The molecular weight excluding hydrogens is 322 g/mol. The summed E-state index contributed by atoms with van der Waals surface area (Å²) in [5.74, 6) is 1.04. The summed E-state index contributed by atoms with van der Waals surface area (Å²) in [4.78, 5) is 17.7. The molecule has 2 heterocycles. The van der Waals surface area contributed by atoms with Crippen LogP contribution in [0.25, 0.3) is 0 Å². The van der Waals surface area contributed by atoms with Gasteiger partial charge >= 0.3 is 0 Å². The first-order valence-electron chi connectivity index (χ1n) is 10.4. The van der Waals surface area contributed by atoms with Gasteiger partial charge in [-0.05, 0) is 56.6 Å². The van der Waals surface area contributed by atoms with Crippen LogP contribution < -0.4 is 10.6 Å². The minimum absolute atomic E-state index is 0.0262. The molecule has 142 valence electrons. The van der Waals surface area contributed by atoms with E-state index in [4.69, 9.17) is 5.73 Å². The van der Waals surface area contributed by atoms with Crippen molar-refractivity contribution in [2.75, 3.05) is 31.1 Å². The zero-order valence-electron chi connectivity index (χ0n) is 16.1. The topological polar surface area (TPSA) is 49.6 Å². The average molecular weight is 356 g/mol. The maximum Gasteiger partial charge on any atom is 0.227 e. The molecule has 3 aliphatic rings. The number of anilines is 1. The molecule has 2 aliphatic heterocycles. The van der Waals surface area contributed by atoms with Crippen LogP contribution in [-0.2, 0) is 11.2 Å². The minimum Gasteiger partial charge on any atom is -0.371 e. The van der Waals surface area contributed by atoms with Gasteiger partial charge in [0.05, 0.1) is 5.92 Å². The molecule has 26 heavy (non-hydrogen) atoms. The number of hydrogen-bond acceptors (Lipinski definition) is 3. The van der Waals surface area contributed by atoms with E-state index < -0.39 is 0 Å². The van der Waals surface area contributed by atoms with Crippen LogP contribution in [0.5, 0.6) is 0 Å². The van der Waals surface area contributed by atoms with E-state index in [1.165, 1.54) is 17.7 Å². The number of nitrogens with zero attached hydrogens (tertiary/aromatic N) is 2. The van der Waals surface area contributed by atoms with Crippen LogP contribution in [0, 0.1) is 11.8 Å². The van der Waals surface area contributed by atoms with Crippen molar-refractivity contribution in [1.29, 1.82) is 0 Å². The highest BCUT2D eigenvalue weighted by Crippen LogP contribution is 2.34. The van der Waals surface area contributed by atoms with Crippen molar-refractivity contribution in [3.05, 3.63) is 29.8 Å². The summed E-state index contributed by atoms with van der Waals surface area (Å²) < 4.78 is 0. The smallest absolute Gasteiger partial charge is 0.227 e. The Morgan fingerprint density at radius 1 is 1.15 bits per heavy atom. The minimum atomic E-state index is -0.314. The summed E-state index contributed by atoms with van der Waals surface area (Å²) in [5, 5.41) is 0. The average Bonchev–Trinajstić information content (AvgIpc) is 3.05. The van der Waals surface area contributed by atoms with E-state index in [1.54, 1.807) is 0 Å². The van der Waals surface area contributed by atoms with Gasteiger partial charge in [-0.2, -0.15) is 0 Å². The van der Waals surface area contributed by atoms with Crippen molar-refractivity contribution < 1.29 is 4.79 Å². The van der Waals surface area contributed by atoms with Gasteiger partial charge in [-0.1, -0.05) is 31.0 Å². The maximum absolute atomic E-state index is 13.0. The number of amides is 1. The maximum atomic E-state index is 13.0. The van der Waals surface area contributed by atoms with E-state index in [9.17, 15) is 4.79 Å². The molecule has 1 saturated carbocycles. The Kier molecular flexibility index (Phi) is 4.96. The molecule has 1 aromatic rings. The molecule has 0 bridgehead atoms. The molecule has 0 radical (unpaired) electrons. The number of likely N-dealkylation sites (tertiary alicyclic amines) is 1. The molecule has 4 nitrogen and oxygen atoms in total. The zero-order chi connectivity index (χ0) is 18.1. The first kappa shape index (κ1) is 17.8. The number of rotatable bonds is 3. The second-order valence-corrected chi connectivity index (χ2v) is 8.90. The van der Waals surface area contributed by atoms with Crippen LogP contribution >= 0.6 is 0 Å². The van der Waals surface area contributed by atoms with Crippen molar-refractivity contribution in [1.82, 2.24) is 4.90 Å². The van der Waals surface area contributed by atoms with Crippen LogP contribution in [0.1, 0.15) is 51.0 Å². The molecular formula is C22H33N3O. The number of fused-ring (bicyclic) bond motifs is 1. The van der Waals surface area contributed by atoms with Crippen LogP contribution in [-0.4, -0.2) is 42.5 Å². The SMILES string of the molecule is CC1(N)CCCCC1C(=O)N1CCC(CN2CCc3ccccc32)CC1. The Labute approximate surface area is 157 Å². The largest absolute Gasteiger partial charge is 0.371 e. The standard InChI is InChI=1S/C22H33N3O/c1-22(23)12-5-4-7-19(22)21(26)24-13-9-17(10-14-24)16-25-15-11-18-6-2-3-8-20(18)25/h2-3,6,8,17,19H,4-5,7,9-16,23H2,1H3. The number of carbonyl (C=O) groups excluding carboxylic acids is 1. The molecule has 1 saturated heterocycles. The fourth-order valence-corrected chi connectivity index (χ4v) is 5.23. The predicted octanol–water partition coefficient (Wildman–Crippen LogP) is 3.20. The fourth-order valence-electron chi connectivity index (χ4n) is 5.23. The van der Waals surface area contributed by atoms with Gasteiger partial charge in [0.25, 0.3) is 0 Å². The van der Waals surface area contributed by atoms with Gasteiger partial charge in [0, 0.05) is 37.4 Å². The molecule has 2 N–H and O–H groups in total. The van der Waals surface area contributed by atoms with Crippen molar-refractivity contribution in [2.24, 2.45) is 17.6 Å². The lowest BCUT2D eigenvalue weighted by atomic mass is 9.73. The van der Waals surface area contributed by atoms with Gasteiger partial charge in [-0.3, -0.25) is 4.79 Å². The molecule has 0 aromatic heterocycles. The number of nitrogens with two attached hydrogens (primary N) is 1. The Morgan fingerprint density at radius 2 is 1.92 bits per heavy atom. The monoisotopic (exact) mass is 355 g/mol. The van der Waals surface area contributed by atoms with E-state index in [-0.39, 0.29) is 11.5 Å². The lowest BCUT2D eigenvalue weighted by Crippen LogP contribution is -2.55. The van der Waals surface area contributed by atoms with Crippen LogP contribution in [0.3, 0.4) is 0 Å². The van der Waals surface area contributed by atoms with Crippen molar-refractivity contribution >= 4 is 11.6 Å². The molecule has 4 rings (SSSR count). The van der Waals surface area contributed by atoms with Crippen LogP contribution in [0.15, 0.2) is 24.3 Å². The second kappa shape index (κ2) is 7.22. The highest BCUT2D eigenvalue weighted by atomic mass is 16.2. The first-order valence-corrected chi connectivity index (χ1v) is 10.4. The van der Waals surface area contributed by atoms with Gasteiger partial charge in [0.2, 0.25) is 5.91 Å². The molecule has 4 heteroatoms. The highest BCUT2D eigenvalue weighted by molar-refractivity contribution is 5.80. The van der Waals surface area contributed by atoms with E-state index >= 15 is 0 Å². The van der Waals surface area contributed by atoms with Crippen molar-refractivity contribution in [3.63, 3.8) is 0 Å². The Bertz CT molecular complexity index is 649. The Balaban J connectivity index is 1.31. The molecule has 2 fully saturated rings. The third-order valence-corrected chi connectivity index (χ3v) is 6.94. The Hall–Kier alpha value is -1.55. The summed E-state index contributed by atoms with van der Waals surface area (Å²) in [5.41, 5.74) is 9.05. The summed E-state index contributed by atoms with van der Waals surface area (Å²) in [6.07, 6.45) is 7.68. The first-order chi connectivity index (χ1) is 12.5. The van der Waals surface area contributed by atoms with Crippen molar-refractivity contribution in [2.45, 2.75) is 57.4 Å². The molecule has 2 atom stereocenters. The molecule has 1 amide bonds. The third-order valence-electron chi connectivity index (χ3n) is 6.94. The molecule has 2 unspecified atom stereocenters. The number of para-hydroxylation sites is 1. The van der Waals surface area contributed by atoms with Gasteiger partial charge in [0.1, 0.15) is 0 Å². The van der Waals surface area contributed by atoms with Crippen LogP contribution in [0.4, 0.5) is 5.69 Å². The number of benzene rings is 1. The summed E-state index contributed by atoms with van der Waals surface area (Å²) in [6, 6.07) is 8.80. The Morgan fingerprint density at radius 3 is 2.69 bits per heavy atom. The highest BCUT2D eigenvalue weighted by Gasteiger charge is 2.40. The summed E-state index contributed by atoms with van der Waals surface area (Å²) in [6.45, 7) is 6.17. The quantitative estimate of drug-likeness (QED) is 0.906. The van der Waals surface area contributed by atoms with E-state index in [0.717, 1.165) is 64.7 Å². The van der Waals surface area contributed by atoms with Gasteiger partial charge in [-0.15, -0.1) is 0 Å². The molecule has 0 spiro atoms. The summed E-state index contributed by atoms with van der Waals surface area (Å²) >= 11 is 0. The van der Waals surface area contributed by atoms with Gasteiger partial charge in [0.15, 0.2) is 0 Å². The third kappa shape index (κ3) is 3.48. The number of piperidine rings is 1. The second-order valence-electron chi connectivity index (χ2n) is 8.90. The lowest BCUT2D eigenvalue weighted by molar-refractivity contribution is -0.140. The van der Waals surface area contributed by atoms with E-state index in [1.807, 2.05) is 0 Å². The molecule has 1 aromatic carbocycles. The van der Waals surface area contributed by atoms with E-state index in [2.05, 4.69) is 41.0 Å². The molecule has 1 aliphatic carbocycles. The van der Waals surface area contributed by atoms with Crippen molar-refractivity contribution in [3.8, 4) is 0 Å². The fraction of sp³-hybridized carbons (Fsp3) is 0.682. The predicted molar refractivity (Wildman–Crippen MR) is 106 cm³/mol. The van der Waals surface area contributed by atoms with E-state index in [0.29, 0.717) is 11.8 Å². The lowest BCUT2D eigenvalue weighted by Gasteiger charge is -2.42. The number of hydrogen-bond donors (Lipinski definition) is 1. The number of carbonyl (C=O) groups is 1. The normalized spacial score (nSPS) is 29.7.